The molecule has 6 heteroatoms. The van der Waals surface area contributed by atoms with Gasteiger partial charge >= 0.3 is 11.9 Å². The Morgan fingerprint density at radius 3 is 2.73 bits per heavy atom. The van der Waals surface area contributed by atoms with E-state index in [0.717, 1.165) is 23.0 Å². The highest BCUT2D eigenvalue weighted by atomic mass is 16.4. The van der Waals surface area contributed by atoms with Crippen LogP contribution >= 0.6 is 0 Å². The number of aromatic amines is 1. The lowest BCUT2D eigenvalue weighted by Gasteiger charge is -2.34. The average molecular weight is 302 g/mol. The van der Waals surface area contributed by atoms with Crippen LogP contribution in [0, 0.1) is 0 Å². The number of carboxylic acid groups (broad SMARTS) is 2. The van der Waals surface area contributed by atoms with Gasteiger partial charge in [0.25, 0.3) is 0 Å². The van der Waals surface area contributed by atoms with Gasteiger partial charge in [-0.2, -0.15) is 0 Å². The van der Waals surface area contributed by atoms with Gasteiger partial charge in [-0.05, 0) is 24.5 Å². The predicted octanol–water partition coefficient (Wildman–Crippen LogP) is 2.02. The third-order valence-corrected chi connectivity index (χ3v) is 4.24. The summed E-state index contributed by atoms with van der Waals surface area (Å²) in [4.78, 5) is 27.2. The van der Waals surface area contributed by atoms with Crippen LogP contribution in [0.25, 0.3) is 10.9 Å². The molecular formula is C16H18N2O4. The number of hydrogen-bond donors (Lipinski definition) is 3. The largest absolute Gasteiger partial charge is 0.481 e. The number of rotatable bonds is 5. The van der Waals surface area contributed by atoms with E-state index in [0.29, 0.717) is 13.0 Å². The fraction of sp³-hybridized carbons (Fsp3) is 0.375. The fourth-order valence-electron chi connectivity index (χ4n) is 3.32. The number of fused-ring (bicyclic) bond motifs is 3. The van der Waals surface area contributed by atoms with E-state index in [1.165, 1.54) is 5.56 Å². The molecule has 0 spiro atoms. The average Bonchev–Trinajstić information content (AvgIpc) is 2.83. The van der Waals surface area contributed by atoms with Crippen LogP contribution in [0.4, 0.5) is 0 Å². The highest BCUT2D eigenvalue weighted by molar-refractivity contribution is 5.85. The van der Waals surface area contributed by atoms with Gasteiger partial charge in [0.2, 0.25) is 0 Å². The molecule has 1 atom stereocenters. The first-order chi connectivity index (χ1) is 10.6. The lowest BCUT2D eigenvalue weighted by molar-refractivity contribution is -0.139. The van der Waals surface area contributed by atoms with E-state index >= 15 is 0 Å². The van der Waals surface area contributed by atoms with Crippen LogP contribution in [-0.2, 0) is 16.0 Å². The minimum Gasteiger partial charge on any atom is -0.481 e. The lowest BCUT2D eigenvalue weighted by Crippen LogP contribution is -2.39. The highest BCUT2D eigenvalue weighted by Gasteiger charge is 2.31. The number of aromatic nitrogens is 1. The number of hydrogen-bond acceptors (Lipinski definition) is 3. The van der Waals surface area contributed by atoms with Crippen molar-refractivity contribution in [3.63, 3.8) is 0 Å². The highest BCUT2D eigenvalue weighted by Crippen LogP contribution is 2.36. The second kappa shape index (κ2) is 5.81. The minimum absolute atomic E-state index is 0.0234. The smallest absolute Gasteiger partial charge is 0.317 e. The van der Waals surface area contributed by atoms with Crippen LogP contribution in [0.3, 0.4) is 0 Å². The second-order valence-electron chi connectivity index (χ2n) is 5.63. The van der Waals surface area contributed by atoms with Gasteiger partial charge < -0.3 is 15.2 Å². The fourth-order valence-corrected chi connectivity index (χ4v) is 3.32. The number of carbonyl (C=O) groups is 2. The standard InChI is InChI=1S/C16H18N2O4/c19-14(20)6-5-13-16-11(7-8-18(13)9-15(21)22)10-3-1-2-4-12(10)17-16/h1-4,13,17H,5-9H2,(H,19,20)(H,21,22). The minimum atomic E-state index is -0.889. The number of aliphatic carboxylic acids is 2. The molecule has 1 aliphatic rings. The third-order valence-electron chi connectivity index (χ3n) is 4.24. The normalized spacial score (nSPS) is 18.3. The quantitative estimate of drug-likeness (QED) is 0.785. The number of H-pyrrole nitrogens is 1. The first-order valence-corrected chi connectivity index (χ1v) is 7.33. The van der Waals surface area contributed by atoms with Crippen LogP contribution in [0.1, 0.15) is 30.1 Å². The van der Waals surface area contributed by atoms with Crippen LogP contribution in [0.5, 0.6) is 0 Å². The van der Waals surface area contributed by atoms with Gasteiger partial charge in [-0.3, -0.25) is 14.5 Å². The maximum absolute atomic E-state index is 11.1. The third kappa shape index (κ3) is 2.69. The van der Waals surface area contributed by atoms with Crippen molar-refractivity contribution in [2.24, 2.45) is 0 Å². The maximum atomic E-state index is 11.1. The molecule has 22 heavy (non-hydrogen) atoms. The number of benzene rings is 1. The molecule has 1 aromatic carbocycles. The molecule has 0 saturated heterocycles. The molecular weight excluding hydrogens is 284 g/mol. The Morgan fingerprint density at radius 1 is 1.23 bits per heavy atom. The molecule has 1 unspecified atom stereocenters. The van der Waals surface area contributed by atoms with Crippen molar-refractivity contribution in [3.8, 4) is 0 Å². The molecule has 0 amide bonds. The molecule has 0 aliphatic carbocycles. The summed E-state index contributed by atoms with van der Waals surface area (Å²) in [5, 5.41) is 19.2. The van der Waals surface area contributed by atoms with E-state index in [4.69, 9.17) is 10.2 Å². The summed E-state index contributed by atoms with van der Waals surface area (Å²) in [6.07, 6.45) is 1.20. The summed E-state index contributed by atoms with van der Waals surface area (Å²) in [6, 6.07) is 7.77. The summed E-state index contributed by atoms with van der Waals surface area (Å²) in [7, 11) is 0. The molecule has 0 saturated carbocycles. The number of para-hydroxylation sites is 1. The zero-order valence-electron chi connectivity index (χ0n) is 12.1. The van der Waals surface area contributed by atoms with Crippen molar-refractivity contribution >= 4 is 22.8 Å². The number of nitrogens with one attached hydrogen (secondary N) is 1. The summed E-state index contributed by atoms with van der Waals surface area (Å²) >= 11 is 0. The SMILES string of the molecule is O=C(O)CCC1c2[nH]c3ccccc3c2CCN1CC(=O)O. The van der Waals surface area contributed by atoms with Crippen molar-refractivity contribution in [1.82, 2.24) is 9.88 Å². The van der Waals surface area contributed by atoms with Crippen LogP contribution < -0.4 is 0 Å². The zero-order valence-corrected chi connectivity index (χ0v) is 12.1. The van der Waals surface area contributed by atoms with E-state index in [2.05, 4.69) is 4.98 Å². The van der Waals surface area contributed by atoms with Crippen molar-refractivity contribution in [2.75, 3.05) is 13.1 Å². The summed E-state index contributed by atoms with van der Waals surface area (Å²) < 4.78 is 0. The zero-order chi connectivity index (χ0) is 15.7. The topological polar surface area (TPSA) is 93.6 Å². The van der Waals surface area contributed by atoms with E-state index in [-0.39, 0.29) is 19.0 Å². The number of carboxylic acids is 2. The van der Waals surface area contributed by atoms with Gasteiger partial charge in [-0.1, -0.05) is 18.2 Å². The lowest BCUT2D eigenvalue weighted by atomic mass is 9.94. The van der Waals surface area contributed by atoms with Gasteiger partial charge in [0.05, 0.1) is 12.6 Å². The van der Waals surface area contributed by atoms with Gasteiger partial charge in [0, 0.05) is 29.6 Å². The molecule has 3 rings (SSSR count). The van der Waals surface area contributed by atoms with Gasteiger partial charge in [-0.25, -0.2) is 0 Å². The summed E-state index contributed by atoms with van der Waals surface area (Å²) in [5.41, 5.74) is 3.17. The predicted molar refractivity (Wildman–Crippen MR) is 80.8 cm³/mol. The first kappa shape index (κ1) is 14.6. The van der Waals surface area contributed by atoms with Crippen LogP contribution in [-0.4, -0.2) is 45.1 Å². The van der Waals surface area contributed by atoms with Crippen molar-refractivity contribution in [3.05, 3.63) is 35.5 Å². The van der Waals surface area contributed by atoms with Gasteiger partial charge in [0.15, 0.2) is 0 Å². The molecule has 2 heterocycles. The van der Waals surface area contributed by atoms with E-state index in [1.54, 1.807) is 0 Å². The first-order valence-electron chi connectivity index (χ1n) is 7.33. The Balaban J connectivity index is 1.99. The van der Waals surface area contributed by atoms with Crippen LogP contribution in [0.15, 0.2) is 24.3 Å². The second-order valence-corrected chi connectivity index (χ2v) is 5.63. The van der Waals surface area contributed by atoms with E-state index < -0.39 is 11.9 Å². The molecule has 6 nitrogen and oxygen atoms in total. The monoisotopic (exact) mass is 302 g/mol. The Labute approximate surface area is 127 Å². The van der Waals surface area contributed by atoms with E-state index in [1.807, 2.05) is 29.2 Å². The molecule has 1 aliphatic heterocycles. The molecule has 2 aromatic rings. The Morgan fingerprint density at radius 2 is 2.00 bits per heavy atom. The Hall–Kier alpha value is -2.34. The van der Waals surface area contributed by atoms with Gasteiger partial charge in [0.1, 0.15) is 0 Å². The molecule has 3 N–H and O–H groups in total. The Bertz CT molecular complexity index is 722. The number of nitrogens with zero attached hydrogens (tertiary/aromatic N) is 1. The van der Waals surface area contributed by atoms with Gasteiger partial charge in [-0.15, -0.1) is 0 Å². The molecule has 0 radical (unpaired) electrons. The summed E-state index contributed by atoms with van der Waals surface area (Å²) in [6.45, 7) is 0.560. The van der Waals surface area contributed by atoms with Crippen molar-refractivity contribution in [1.29, 1.82) is 0 Å². The molecule has 116 valence electrons. The van der Waals surface area contributed by atoms with Crippen molar-refractivity contribution in [2.45, 2.75) is 25.3 Å². The molecule has 0 bridgehead atoms. The molecule has 0 fully saturated rings. The summed E-state index contributed by atoms with van der Waals surface area (Å²) in [5.74, 6) is -1.75. The maximum Gasteiger partial charge on any atom is 0.317 e. The van der Waals surface area contributed by atoms with Crippen LogP contribution in [0.2, 0.25) is 0 Å². The Kier molecular flexibility index (Phi) is 3.85. The van der Waals surface area contributed by atoms with Crippen molar-refractivity contribution < 1.29 is 19.8 Å². The van der Waals surface area contributed by atoms with E-state index in [9.17, 15) is 9.59 Å². The molecule has 1 aromatic heterocycles.